The van der Waals surface area contributed by atoms with Gasteiger partial charge in [-0.3, -0.25) is 0 Å². The smallest absolute Gasteiger partial charge is 0.123 e. The summed E-state index contributed by atoms with van der Waals surface area (Å²) < 4.78 is 13.0. The average molecular weight is 223 g/mol. The van der Waals surface area contributed by atoms with E-state index >= 15 is 0 Å². The summed E-state index contributed by atoms with van der Waals surface area (Å²) in [6, 6.07) is 7.43. The quantitative estimate of drug-likeness (QED) is 0.779. The minimum atomic E-state index is -0.138. The van der Waals surface area contributed by atoms with Crippen LogP contribution in [-0.4, -0.2) is 13.1 Å². The molecule has 0 spiro atoms. The molecule has 1 nitrogen and oxygen atoms in total. The zero-order valence-corrected chi connectivity index (χ0v) is 10.5. The number of rotatable bonds is 6. The van der Waals surface area contributed by atoms with Crippen LogP contribution in [0.5, 0.6) is 0 Å². The molecular weight excluding hydrogens is 201 g/mol. The normalized spacial score (nSPS) is 14.8. The molecule has 0 saturated heterocycles. The first-order valence-corrected chi connectivity index (χ1v) is 6.09. The second-order valence-corrected chi connectivity index (χ2v) is 4.50. The van der Waals surface area contributed by atoms with Crippen LogP contribution in [0.4, 0.5) is 4.39 Å². The van der Waals surface area contributed by atoms with E-state index in [-0.39, 0.29) is 5.82 Å². The molecule has 1 rings (SSSR count). The Labute approximate surface area is 98.1 Å². The first-order chi connectivity index (χ1) is 7.67. The maximum absolute atomic E-state index is 13.0. The van der Waals surface area contributed by atoms with E-state index in [1.165, 1.54) is 18.9 Å². The zero-order valence-electron chi connectivity index (χ0n) is 10.5. The van der Waals surface area contributed by atoms with Gasteiger partial charge in [0.1, 0.15) is 5.82 Å². The molecule has 2 unspecified atom stereocenters. The van der Waals surface area contributed by atoms with E-state index in [0.29, 0.717) is 12.0 Å². The van der Waals surface area contributed by atoms with Gasteiger partial charge in [-0.2, -0.15) is 0 Å². The molecule has 0 amide bonds. The first-order valence-electron chi connectivity index (χ1n) is 6.09. The predicted octanol–water partition coefficient (Wildman–Crippen LogP) is 3.39. The maximum Gasteiger partial charge on any atom is 0.123 e. The Morgan fingerprint density at radius 2 is 2.12 bits per heavy atom. The van der Waals surface area contributed by atoms with Gasteiger partial charge in [-0.15, -0.1) is 0 Å². The largest absolute Gasteiger partial charge is 0.317 e. The van der Waals surface area contributed by atoms with Gasteiger partial charge in [0.15, 0.2) is 0 Å². The molecule has 0 radical (unpaired) electrons. The van der Waals surface area contributed by atoms with Crippen molar-refractivity contribution in [3.63, 3.8) is 0 Å². The number of hydrogen-bond donors (Lipinski definition) is 1. The highest BCUT2D eigenvalue weighted by atomic mass is 19.1. The van der Waals surface area contributed by atoms with Crippen LogP contribution in [0.15, 0.2) is 24.3 Å². The van der Waals surface area contributed by atoms with Crippen LogP contribution in [0.25, 0.3) is 0 Å². The fourth-order valence-electron chi connectivity index (χ4n) is 2.20. The van der Waals surface area contributed by atoms with Crippen LogP contribution in [0.1, 0.15) is 32.3 Å². The van der Waals surface area contributed by atoms with Crippen molar-refractivity contribution in [3.05, 3.63) is 35.6 Å². The standard InChI is InChI=1S/C14H22FN/c1-4-6-14(16-3)11(2)9-12-7-5-8-13(15)10-12/h5,7-8,10-11,14,16H,4,6,9H2,1-3H3. The Kier molecular flexibility index (Phi) is 5.47. The van der Waals surface area contributed by atoms with Crippen molar-refractivity contribution in [2.45, 2.75) is 39.2 Å². The lowest BCUT2D eigenvalue weighted by Gasteiger charge is -2.23. The van der Waals surface area contributed by atoms with Gasteiger partial charge < -0.3 is 5.32 Å². The van der Waals surface area contributed by atoms with E-state index in [4.69, 9.17) is 0 Å². The Morgan fingerprint density at radius 3 is 2.69 bits per heavy atom. The minimum absolute atomic E-state index is 0.138. The summed E-state index contributed by atoms with van der Waals surface area (Å²) in [6.07, 6.45) is 3.29. The van der Waals surface area contributed by atoms with Crippen molar-refractivity contribution >= 4 is 0 Å². The second kappa shape index (κ2) is 6.64. The third-order valence-corrected chi connectivity index (χ3v) is 3.10. The van der Waals surface area contributed by atoms with Crippen molar-refractivity contribution < 1.29 is 4.39 Å². The van der Waals surface area contributed by atoms with Gasteiger partial charge in [0.05, 0.1) is 0 Å². The molecule has 2 heteroatoms. The van der Waals surface area contributed by atoms with Crippen molar-refractivity contribution in [3.8, 4) is 0 Å². The molecule has 0 aliphatic rings. The van der Waals surface area contributed by atoms with Gasteiger partial charge in [0, 0.05) is 6.04 Å². The van der Waals surface area contributed by atoms with Gasteiger partial charge in [-0.1, -0.05) is 32.4 Å². The van der Waals surface area contributed by atoms with Crippen molar-refractivity contribution in [1.29, 1.82) is 0 Å². The monoisotopic (exact) mass is 223 g/mol. The van der Waals surface area contributed by atoms with E-state index < -0.39 is 0 Å². The van der Waals surface area contributed by atoms with Crippen LogP contribution in [0, 0.1) is 11.7 Å². The predicted molar refractivity (Wildman–Crippen MR) is 67.0 cm³/mol. The molecule has 0 bridgehead atoms. The second-order valence-electron chi connectivity index (χ2n) is 4.50. The van der Waals surface area contributed by atoms with E-state index in [1.807, 2.05) is 13.1 Å². The topological polar surface area (TPSA) is 12.0 Å². The summed E-state index contributed by atoms with van der Waals surface area (Å²) in [5, 5.41) is 3.34. The summed E-state index contributed by atoms with van der Waals surface area (Å²) in [5.41, 5.74) is 1.09. The lowest BCUT2D eigenvalue weighted by atomic mass is 9.91. The molecular formula is C14H22FN. The van der Waals surface area contributed by atoms with E-state index in [2.05, 4.69) is 19.2 Å². The molecule has 1 aromatic carbocycles. The number of halogens is 1. The summed E-state index contributed by atoms with van der Waals surface area (Å²) in [5.74, 6) is 0.396. The maximum atomic E-state index is 13.0. The first kappa shape index (κ1) is 13.2. The number of nitrogens with one attached hydrogen (secondary N) is 1. The summed E-state index contributed by atoms with van der Waals surface area (Å²) >= 11 is 0. The molecule has 0 heterocycles. The Hall–Kier alpha value is -0.890. The summed E-state index contributed by atoms with van der Waals surface area (Å²) in [6.45, 7) is 4.42. The molecule has 1 aromatic rings. The van der Waals surface area contributed by atoms with Crippen LogP contribution >= 0.6 is 0 Å². The van der Waals surface area contributed by atoms with Crippen LogP contribution < -0.4 is 5.32 Å². The van der Waals surface area contributed by atoms with Crippen molar-refractivity contribution in [2.75, 3.05) is 7.05 Å². The third-order valence-electron chi connectivity index (χ3n) is 3.10. The molecule has 90 valence electrons. The van der Waals surface area contributed by atoms with Gasteiger partial charge in [0.2, 0.25) is 0 Å². The van der Waals surface area contributed by atoms with Gasteiger partial charge in [-0.05, 0) is 43.5 Å². The highest BCUT2D eigenvalue weighted by Gasteiger charge is 2.14. The third kappa shape index (κ3) is 3.93. The number of hydrogen-bond acceptors (Lipinski definition) is 1. The number of benzene rings is 1. The molecule has 0 aliphatic carbocycles. The lowest BCUT2D eigenvalue weighted by Crippen LogP contribution is -2.33. The minimum Gasteiger partial charge on any atom is -0.317 e. The highest BCUT2D eigenvalue weighted by molar-refractivity contribution is 5.17. The van der Waals surface area contributed by atoms with Crippen molar-refractivity contribution in [2.24, 2.45) is 5.92 Å². The lowest BCUT2D eigenvalue weighted by molar-refractivity contribution is 0.372. The van der Waals surface area contributed by atoms with Gasteiger partial charge >= 0.3 is 0 Å². The van der Waals surface area contributed by atoms with Crippen molar-refractivity contribution in [1.82, 2.24) is 5.32 Å². The van der Waals surface area contributed by atoms with E-state index in [9.17, 15) is 4.39 Å². The molecule has 0 aromatic heterocycles. The Morgan fingerprint density at radius 1 is 1.38 bits per heavy atom. The fraction of sp³-hybridized carbons (Fsp3) is 0.571. The SMILES string of the molecule is CCCC(NC)C(C)Cc1cccc(F)c1. The summed E-state index contributed by atoms with van der Waals surface area (Å²) in [7, 11) is 2.00. The molecule has 0 saturated carbocycles. The Bertz CT molecular complexity index is 311. The molecule has 0 aliphatic heterocycles. The molecule has 0 fully saturated rings. The fourth-order valence-corrected chi connectivity index (χ4v) is 2.20. The highest BCUT2D eigenvalue weighted by Crippen LogP contribution is 2.16. The van der Waals surface area contributed by atoms with Crippen LogP contribution in [0.2, 0.25) is 0 Å². The van der Waals surface area contributed by atoms with Crippen LogP contribution in [0.3, 0.4) is 0 Å². The van der Waals surface area contributed by atoms with E-state index in [0.717, 1.165) is 12.0 Å². The molecule has 2 atom stereocenters. The van der Waals surface area contributed by atoms with E-state index in [1.54, 1.807) is 12.1 Å². The molecule has 1 N–H and O–H groups in total. The van der Waals surface area contributed by atoms with Gasteiger partial charge in [-0.25, -0.2) is 4.39 Å². The van der Waals surface area contributed by atoms with Gasteiger partial charge in [0.25, 0.3) is 0 Å². The van der Waals surface area contributed by atoms with Crippen LogP contribution in [-0.2, 0) is 6.42 Å². The summed E-state index contributed by atoms with van der Waals surface area (Å²) in [4.78, 5) is 0. The molecule has 16 heavy (non-hydrogen) atoms. The average Bonchev–Trinajstić information content (AvgIpc) is 2.25. The Balaban J connectivity index is 2.58. The zero-order chi connectivity index (χ0) is 12.0.